The summed E-state index contributed by atoms with van der Waals surface area (Å²) in [5, 5.41) is 6.18. The number of nitrogens with one attached hydrogen (secondary N) is 2. The fraction of sp³-hybridized carbons (Fsp3) is 0.409. The van der Waals surface area contributed by atoms with Gasteiger partial charge in [0.2, 0.25) is 5.91 Å². The lowest BCUT2D eigenvalue weighted by atomic mass is 10.1. The number of rotatable bonds is 6. The molecule has 168 valence electrons. The molecule has 1 saturated heterocycles. The SMILES string of the molecule is CCNC(=NCc1cccc(C(=O)NCc2ccco2)c1)N1CCN(C(C)=O)CC1.I. The molecular formula is C22H30IN5O3. The molecule has 3 rings (SSSR count). The van der Waals surface area contributed by atoms with Gasteiger partial charge in [-0.05, 0) is 36.8 Å². The van der Waals surface area contributed by atoms with Crippen LogP contribution >= 0.6 is 24.0 Å². The Labute approximate surface area is 200 Å². The van der Waals surface area contributed by atoms with Crippen LogP contribution in [-0.4, -0.2) is 60.3 Å². The number of halogens is 1. The predicted molar refractivity (Wildman–Crippen MR) is 130 cm³/mol. The van der Waals surface area contributed by atoms with Crippen molar-refractivity contribution in [2.75, 3.05) is 32.7 Å². The summed E-state index contributed by atoms with van der Waals surface area (Å²) in [6.07, 6.45) is 1.59. The number of benzene rings is 1. The van der Waals surface area contributed by atoms with E-state index >= 15 is 0 Å². The minimum Gasteiger partial charge on any atom is -0.467 e. The van der Waals surface area contributed by atoms with Gasteiger partial charge in [0.1, 0.15) is 5.76 Å². The van der Waals surface area contributed by atoms with E-state index in [1.54, 1.807) is 25.3 Å². The van der Waals surface area contributed by atoms with Crippen molar-refractivity contribution in [3.8, 4) is 0 Å². The molecule has 0 saturated carbocycles. The van der Waals surface area contributed by atoms with Gasteiger partial charge in [-0.2, -0.15) is 0 Å². The zero-order valence-electron chi connectivity index (χ0n) is 18.0. The lowest BCUT2D eigenvalue weighted by Gasteiger charge is -2.36. The van der Waals surface area contributed by atoms with Crippen molar-refractivity contribution in [2.45, 2.75) is 26.9 Å². The van der Waals surface area contributed by atoms with Crippen LogP contribution in [0.2, 0.25) is 0 Å². The third kappa shape index (κ3) is 7.27. The van der Waals surface area contributed by atoms with Crippen LogP contribution in [0, 0.1) is 0 Å². The Morgan fingerprint density at radius 3 is 2.45 bits per heavy atom. The van der Waals surface area contributed by atoms with Crippen LogP contribution in [0.25, 0.3) is 0 Å². The molecule has 31 heavy (non-hydrogen) atoms. The van der Waals surface area contributed by atoms with Gasteiger partial charge in [-0.15, -0.1) is 24.0 Å². The summed E-state index contributed by atoms with van der Waals surface area (Å²) in [5.41, 5.74) is 1.55. The topological polar surface area (TPSA) is 90.2 Å². The molecule has 1 aliphatic heterocycles. The zero-order valence-corrected chi connectivity index (χ0v) is 20.3. The first-order chi connectivity index (χ1) is 14.6. The molecule has 1 fully saturated rings. The van der Waals surface area contributed by atoms with Gasteiger partial charge in [0.15, 0.2) is 5.96 Å². The zero-order chi connectivity index (χ0) is 21.3. The van der Waals surface area contributed by atoms with E-state index in [0.717, 1.165) is 31.2 Å². The highest BCUT2D eigenvalue weighted by atomic mass is 127. The highest BCUT2D eigenvalue weighted by molar-refractivity contribution is 14.0. The van der Waals surface area contributed by atoms with Gasteiger partial charge in [0.05, 0.1) is 19.4 Å². The molecule has 0 aliphatic carbocycles. The molecule has 8 nitrogen and oxygen atoms in total. The molecule has 2 N–H and O–H groups in total. The standard InChI is InChI=1S/C22H29N5O3.HI/c1-3-23-22(27-11-9-26(10-12-27)17(2)28)25-15-18-6-4-7-19(14-18)21(29)24-16-20-8-5-13-30-20;/h4-8,13-14H,3,9-12,15-16H2,1-2H3,(H,23,25)(H,24,29);1H. The van der Waals surface area contributed by atoms with Gasteiger partial charge < -0.3 is 24.9 Å². The Balaban J connectivity index is 0.00000341. The first-order valence-corrected chi connectivity index (χ1v) is 10.2. The van der Waals surface area contributed by atoms with Crippen molar-refractivity contribution >= 4 is 41.8 Å². The van der Waals surface area contributed by atoms with Crippen LogP contribution in [-0.2, 0) is 17.9 Å². The highest BCUT2D eigenvalue weighted by Gasteiger charge is 2.20. The van der Waals surface area contributed by atoms with Crippen LogP contribution in [0.1, 0.15) is 35.5 Å². The Morgan fingerprint density at radius 2 is 1.81 bits per heavy atom. The van der Waals surface area contributed by atoms with Gasteiger partial charge in [0, 0.05) is 45.2 Å². The molecule has 2 heterocycles. The molecule has 1 aromatic heterocycles. The number of carbonyl (C=O) groups excluding carboxylic acids is 2. The van der Waals surface area contributed by atoms with Gasteiger partial charge in [-0.25, -0.2) is 4.99 Å². The number of hydrogen-bond acceptors (Lipinski definition) is 4. The smallest absolute Gasteiger partial charge is 0.251 e. The molecule has 0 radical (unpaired) electrons. The number of nitrogens with zero attached hydrogens (tertiary/aromatic N) is 3. The number of carbonyl (C=O) groups is 2. The minimum atomic E-state index is -0.149. The van der Waals surface area contributed by atoms with E-state index < -0.39 is 0 Å². The second kappa shape index (κ2) is 12.3. The van der Waals surface area contributed by atoms with E-state index in [1.165, 1.54) is 0 Å². The van der Waals surface area contributed by atoms with Crippen molar-refractivity contribution in [1.82, 2.24) is 20.4 Å². The maximum absolute atomic E-state index is 12.4. The average molecular weight is 539 g/mol. The average Bonchev–Trinajstić information content (AvgIpc) is 3.29. The molecule has 2 aromatic rings. The fourth-order valence-electron chi connectivity index (χ4n) is 3.32. The molecule has 9 heteroatoms. The lowest BCUT2D eigenvalue weighted by Crippen LogP contribution is -2.53. The van der Waals surface area contributed by atoms with Crippen molar-refractivity contribution in [2.24, 2.45) is 4.99 Å². The van der Waals surface area contributed by atoms with Crippen molar-refractivity contribution in [3.63, 3.8) is 0 Å². The molecule has 1 aromatic carbocycles. The third-order valence-electron chi connectivity index (χ3n) is 4.96. The highest BCUT2D eigenvalue weighted by Crippen LogP contribution is 2.09. The number of hydrogen-bond donors (Lipinski definition) is 2. The fourth-order valence-corrected chi connectivity index (χ4v) is 3.32. The van der Waals surface area contributed by atoms with Crippen molar-refractivity contribution < 1.29 is 14.0 Å². The van der Waals surface area contributed by atoms with Gasteiger partial charge >= 0.3 is 0 Å². The number of furan rings is 1. The molecular weight excluding hydrogens is 509 g/mol. The van der Waals surface area contributed by atoms with E-state index in [2.05, 4.69) is 15.5 Å². The summed E-state index contributed by atoms with van der Waals surface area (Å²) < 4.78 is 5.24. The monoisotopic (exact) mass is 539 g/mol. The van der Waals surface area contributed by atoms with E-state index in [1.807, 2.05) is 36.1 Å². The Hall–Kier alpha value is -2.56. The number of piperazine rings is 1. The third-order valence-corrected chi connectivity index (χ3v) is 4.96. The van der Waals surface area contributed by atoms with E-state index in [-0.39, 0.29) is 35.8 Å². The summed E-state index contributed by atoms with van der Waals surface area (Å²) in [5.74, 6) is 1.50. The van der Waals surface area contributed by atoms with Gasteiger partial charge in [-0.3, -0.25) is 9.59 Å². The van der Waals surface area contributed by atoms with Gasteiger partial charge in [-0.1, -0.05) is 12.1 Å². The van der Waals surface area contributed by atoms with E-state index in [9.17, 15) is 9.59 Å². The first-order valence-electron chi connectivity index (χ1n) is 10.2. The maximum Gasteiger partial charge on any atom is 0.251 e. The van der Waals surface area contributed by atoms with Crippen LogP contribution in [0.3, 0.4) is 0 Å². The number of amides is 2. The normalized spacial score (nSPS) is 14.1. The maximum atomic E-state index is 12.4. The number of aliphatic imine (C=N–C) groups is 1. The Kier molecular flexibility index (Phi) is 9.83. The minimum absolute atomic E-state index is 0. The Bertz CT molecular complexity index is 877. The quantitative estimate of drug-likeness (QED) is 0.335. The largest absolute Gasteiger partial charge is 0.467 e. The van der Waals surface area contributed by atoms with Crippen molar-refractivity contribution in [1.29, 1.82) is 0 Å². The van der Waals surface area contributed by atoms with E-state index in [4.69, 9.17) is 9.41 Å². The predicted octanol–water partition coefficient (Wildman–Crippen LogP) is 2.46. The van der Waals surface area contributed by atoms with Crippen LogP contribution in [0.5, 0.6) is 0 Å². The second-order valence-corrected chi connectivity index (χ2v) is 7.13. The van der Waals surface area contributed by atoms with Gasteiger partial charge in [0.25, 0.3) is 5.91 Å². The second-order valence-electron chi connectivity index (χ2n) is 7.13. The lowest BCUT2D eigenvalue weighted by molar-refractivity contribution is -0.130. The first kappa shape index (κ1) is 24.7. The summed E-state index contributed by atoms with van der Waals surface area (Å²) in [7, 11) is 0. The molecule has 0 bridgehead atoms. The molecule has 1 aliphatic rings. The molecule has 0 atom stereocenters. The van der Waals surface area contributed by atoms with Crippen molar-refractivity contribution in [3.05, 3.63) is 59.5 Å². The summed E-state index contributed by atoms with van der Waals surface area (Å²) >= 11 is 0. The van der Waals surface area contributed by atoms with Crippen LogP contribution in [0.15, 0.2) is 52.1 Å². The summed E-state index contributed by atoms with van der Waals surface area (Å²) in [6, 6.07) is 11.1. The summed E-state index contributed by atoms with van der Waals surface area (Å²) in [6.45, 7) is 8.12. The molecule has 2 amide bonds. The Morgan fingerprint density at radius 1 is 1.06 bits per heavy atom. The van der Waals surface area contributed by atoms with Crippen LogP contribution in [0.4, 0.5) is 0 Å². The molecule has 0 unspecified atom stereocenters. The number of guanidine groups is 1. The molecule has 0 spiro atoms. The summed E-state index contributed by atoms with van der Waals surface area (Å²) in [4.78, 5) is 32.7. The van der Waals surface area contributed by atoms with Crippen LogP contribution < -0.4 is 10.6 Å². The van der Waals surface area contributed by atoms with E-state index in [0.29, 0.717) is 37.5 Å².